The van der Waals surface area contributed by atoms with Gasteiger partial charge in [0.05, 0.1) is 12.7 Å². The second kappa shape index (κ2) is 7.70. The molecule has 1 heterocycles. The fourth-order valence-corrected chi connectivity index (χ4v) is 2.47. The molecule has 0 amide bonds. The topological polar surface area (TPSA) is 68.0 Å². The lowest BCUT2D eigenvalue weighted by Gasteiger charge is -2.32. The lowest BCUT2D eigenvalue weighted by atomic mass is 10.2. The third kappa shape index (κ3) is 5.24. The van der Waals surface area contributed by atoms with Crippen LogP contribution in [-0.2, 0) is 4.74 Å². The van der Waals surface area contributed by atoms with Gasteiger partial charge in [0.2, 0.25) is 0 Å². The molecule has 1 aromatic carbocycles. The number of nitrogens with zero attached hydrogens (tertiary/aromatic N) is 1. The maximum Gasteiger partial charge on any atom is 0.120 e. The summed E-state index contributed by atoms with van der Waals surface area (Å²) < 4.78 is 11.1. The molecule has 116 valence electrons. The summed E-state index contributed by atoms with van der Waals surface area (Å²) in [6.07, 6.45) is -0.321. The fraction of sp³-hybridized carbons (Fsp3) is 0.533. The predicted octanol–water partition coefficient (Wildman–Crippen LogP) is 0.781. The Balaban J connectivity index is 1.79. The lowest BCUT2D eigenvalue weighted by Crippen LogP contribution is -2.45. The first-order valence-corrected chi connectivity index (χ1v) is 7.50. The van der Waals surface area contributed by atoms with E-state index in [4.69, 9.17) is 27.4 Å². The number of morpholine rings is 1. The number of ether oxygens (including phenoxy) is 2. The number of nitrogens with two attached hydrogens (primary N) is 1. The van der Waals surface area contributed by atoms with E-state index in [9.17, 15) is 5.11 Å². The van der Waals surface area contributed by atoms with Gasteiger partial charge in [-0.25, -0.2) is 0 Å². The van der Waals surface area contributed by atoms with Crippen LogP contribution in [0.5, 0.6) is 5.75 Å². The summed E-state index contributed by atoms with van der Waals surface area (Å²) in [7, 11) is 0. The van der Waals surface area contributed by atoms with E-state index in [-0.39, 0.29) is 12.7 Å². The Morgan fingerprint density at radius 3 is 3.14 bits per heavy atom. The molecule has 5 nitrogen and oxygen atoms in total. The minimum atomic E-state index is -0.538. The van der Waals surface area contributed by atoms with Crippen molar-refractivity contribution in [2.45, 2.75) is 19.1 Å². The van der Waals surface area contributed by atoms with E-state index in [1.165, 1.54) is 0 Å². The van der Waals surface area contributed by atoms with Crippen molar-refractivity contribution < 1.29 is 14.6 Å². The molecule has 1 aliphatic rings. The summed E-state index contributed by atoms with van der Waals surface area (Å²) in [6, 6.07) is 7.28. The van der Waals surface area contributed by atoms with Crippen LogP contribution in [0, 0.1) is 0 Å². The molecule has 2 atom stereocenters. The highest BCUT2D eigenvalue weighted by molar-refractivity contribution is 7.80. The van der Waals surface area contributed by atoms with E-state index < -0.39 is 6.10 Å². The minimum Gasteiger partial charge on any atom is -0.491 e. The number of hydrogen-bond acceptors (Lipinski definition) is 5. The van der Waals surface area contributed by atoms with Gasteiger partial charge < -0.3 is 20.3 Å². The number of hydrogen-bond donors (Lipinski definition) is 2. The molecule has 0 aliphatic carbocycles. The molecular formula is C15H22N2O3S. The summed E-state index contributed by atoms with van der Waals surface area (Å²) in [6.45, 7) is 5.27. The molecule has 1 aromatic rings. The van der Waals surface area contributed by atoms with E-state index in [1.807, 2.05) is 25.1 Å². The molecule has 0 saturated carbocycles. The molecular weight excluding hydrogens is 288 g/mol. The summed E-state index contributed by atoms with van der Waals surface area (Å²) in [4.78, 5) is 2.52. The van der Waals surface area contributed by atoms with E-state index in [0.717, 1.165) is 18.7 Å². The molecule has 0 bridgehead atoms. The third-order valence-electron chi connectivity index (χ3n) is 3.36. The van der Waals surface area contributed by atoms with Crippen molar-refractivity contribution in [2.75, 3.05) is 32.8 Å². The fourth-order valence-electron chi connectivity index (χ4n) is 2.34. The van der Waals surface area contributed by atoms with E-state index in [1.54, 1.807) is 6.07 Å². The normalized spacial score (nSPS) is 21.0. The van der Waals surface area contributed by atoms with E-state index >= 15 is 0 Å². The van der Waals surface area contributed by atoms with Crippen LogP contribution < -0.4 is 10.5 Å². The number of aliphatic hydroxyl groups is 1. The first-order chi connectivity index (χ1) is 10.0. The van der Waals surface area contributed by atoms with Crippen LogP contribution in [0.25, 0.3) is 0 Å². The molecule has 0 radical (unpaired) electrons. The molecule has 1 aliphatic heterocycles. The van der Waals surface area contributed by atoms with Crippen LogP contribution in [0.3, 0.4) is 0 Å². The Hall–Kier alpha value is -1.21. The summed E-state index contributed by atoms with van der Waals surface area (Å²) in [5.74, 6) is 0.662. The van der Waals surface area contributed by atoms with Crippen molar-refractivity contribution >= 4 is 17.2 Å². The molecule has 0 aromatic heterocycles. The van der Waals surface area contributed by atoms with Gasteiger partial charge >= 0.3 is 0 Å². The van der Waals surface area contributed by atoms with Gasteiger partial charge in [0.25, 0.3) is 0 Å². The van der Waals surface area contributed by atoms with E-state index in [0.29, 0.717) is 23.9 Å². The number of benzene rings is 1. The second-order valence-corrected chi connectivity index (χ2v) is 5.74. The third-order valence-corrected chi connectivity index (χ3v) is 3.59. The number of aliphatic hydroxyl groups excluding tert-OH is 1. The van der Waals surface area contributed by atoms with Crippen LogP contribution >= 0.6 is 12.2 Å². The average molecular weight is 310 g/mol. The number of rotatable bonds is 6. The highest BCUT2D eigenvalue weighted by Crippen LogP contribution is 2.14. The van der Waals surface area contributed by atoms with Gasteiger partial charge in [-0.1, -0.05) is 24.4 Å². The van der Waals surface area contributed by atoms with Crippen molar-refractivity contribution in [3.05, 3.63) is 29.8 Å². The smallest absolute Gasteiger partial charge is 0.120 e. The molecule has 6 heteroatoms. The monoisotopic (exact) mass is 310 g/mol. The number of thiocarbonyl (C=S) groups is 1. The Kier molecular flexibility index (Phi) is 5.93. The Labute approximate surface area is 130 Å². The van der Waals surface area contributed by atoms with Crippen molar-refractivity contribution in [3.63, 3.8) is 0 Å². The van der Waals surface area contributed by atoms with Gasteiger partial charge in [-0.2, -0.15) is 0 Å². The van der Waals surface area contributed by atoms with Crippen LogP contribution in [0.2, 0.25) is 0 Å². The molecule has 1 fully saturated rings. The minimum absolute atomic E-state index is 0.217. The summed E-state index contributed by atoms with van der Waals surface area (Å²) in [5.41, 5.74) is 6.35. The second-order valence-electron chi connectivity index (χ2n) is 5.30. The zero-order valence-corrected chi connectivity index (χ0v) is 13.0. The van der Waals surface area contributed by atoms with Gasteiger partial charge in [-0.05, 0) is 19.1 Å². The van der Waals surface area contributed by atoms with Gasteiger partial charge in [0.1, 0.15) is 23.4 Å². The van der Waals surface area contributed by atoms with Gasteiger partial charge in [0, 0.05) is 25.2 Å². The van der Waals surface area contributed by atoms with Crippen LogP contribution in [0.1, 0.15) is 12.5 Å². The molecule has 0 spiro atoms. The lowest BCUT2D eigenvalue weighted by molar-refractivity contribution is -0.0361. The first kappa shape index (κ1) is 16.2. The SMILES string of the molecule is CC1CN(CC(O)COc2cccc(C(N)=S)c2)CCO1. The predicted molar refractivity (Wildman–Crippen MR) is 85.7 cm³/mol. The average Bonchev–Trinajstić information content (AvgIpc) is 2.45. The van der Waals surface area contributed by atoms with Crippen molar-refractivity contribution in [3.8, 4) is 5.75 Å². The molecule has 3 N–H and O–H groups in total. The largest absolute Gasteiger partial charge is 0.491 e. The quantitative estimate of drug-likeness (QED) is 0.757. The Morgan fingerprint density at radius 2 is 2.43 bits per heavy atom. The van der Waals surface area contributed by atoms with Gasteiger partial charge in [-0.15, -0.1) is 0 Å². The van der Waals surface area contributed by atoms with Gasteiger partial charge in [-0.3, -0.25) is 4.90 Å². The number of β-amino-alcohol motifs (C(OH)–C–C–N with tert-alkyl or cyclic N) is 1. The molecule has 1 saturated heterocycles. The summed E-state index contributed by atoms with van der Waals surface area (Å²) >= 11 is 4.93. The van der Waals surface area contributed by atoms with Crippen LogP contribution in [-0.4, -0.2) is 60.1 Å². The highest BCUT2D eigenvalue weighted by atomic mass is 32.1. The van der Waals surface area contributed by atoms with E-state index in [2.05, 4.69) is 4.90 Å². The van der Waals surface area contributed by atoms with Crippen molar-refractivity contribution in [2.24, 2.45) is 5.73 Å². The zero-order chi connectivity index (χ0) is 15.2. The maximum atomic E-state index is 10.1. The standard InChI is InChI=1S/C15H22N2O3S/c1-11-8-17(5-6-19-11)9-13(18)10-20-14-4-2-3-12(7-14)15(16)21/h2-4,7,11,13,18H,5-6,8-10H2,1H3,(H2,16,21). The molecule has 21 heavy (non-hydrogen) atoms. The molecule has 2 rings (SSSR count). The summed E-state index contributed by atoms with van der Waals surface area (Å²) in [5, 5.41) is 10.1. The van der Waals surface area contributed by atoms with Gasteiger partial charge in [0.15, 0.2) is 0 Å². The zero-order valence-electron chi connectivity index (χ0n) is 12.2. The Bertz CT molecular complexity index is 484. The highest BCUT2D eigenvalue weighted by Gasteiger charge is 2.19. The van der Waals surface area contributed by atoms with Crippen LogP contribution in [0.15, 0.2) is 24.3 Å². The Morgan fingerprint density at radius 1 is 1.62 bits per heavy atom. The van der Waals surface area contributed by atoms with Crippen molar-refractivity contribution in [1.29, 1.82) is 0 Å². The van der Waals surface area contributed by atoms with Crippen molar-refractivity contribution in [1.82, 2.24) is 4.90 Å². The molecule has 2 unspecified atom stereocenters. The first-order valence-electron chi connectivity index (χ1n) is 7.09. The maximum absolute atomic E-state index is 10.1. The van der Waals surface area contributed by atoms with Crippen LogP contribution in [0.4, 0.5) is 0 Å².